The topological polar surface area (TPSA) is 38.3 Å². The lowest BCUT2D eigenvalue weighted by molar-refractivity contribution is -0.122. The van der Waals surface area contributed by atoms with Gasteiger partial charge in [0.2, 0.25) is 0 Å². The largest absolute Gasteiger partial charge is 0.481 e. The van der Waals surface area contributed by atoms with Gasteiger partial charge in [-0.1, -0.05) is 23.8 Å². The second-order valence-electron chi connectivity index (χ2n) is 5.90. The van der Waals surface area contributed by atoms with Gasteiger partial charge in [-0.05, 0) is 68.5 Å². The molecule has 2 aromatic carbocycles. The van der Waals surface area contributed by atoms with Crippen LogP contribution in [0.1, 0.15) is 30.0 Å². The lowest BCUT2D eigenvalue weighted by Crippen LogP contribution is -2.30. The molecule has 3 rings (SSSR count). The molecule has 1 amide bonds. The molecule has 0 spiro atoms. The fourth-order valence-corrected chi connectivity index (χ4v) is 2.77. The molecule has 0 heterocycles. The van der Waals surface area contributed by atoms with Gasteiger partial charge in [-0.25, -0.2) is 0 Å². The number of anilines is 1. The first-order valence-electron chi connectivity index (χ1n) is 7.78. The van der Waals surface area contributed by atoms with Gasteiger partial charge >= 0.3 is 0 Å². The molecule has 22 heavy (non-hydrogen) atoms. The highest BCUT2D eigenvalue weighted by Crippen LogP contribution is 2.25. The van der Waals surface area contributed by atoms with Crippen molar-refractivity contribution >= 4 is 11.6 Å². The van der Waals surface area contributed by atoms with Gasteiger partial charge in [0.15, 0.2) is 6.10 Å². The van der Waals surface area contributed by atoms with Crippen molar-refractivity contribution in [2.24, 2.45) is 0 Å². The van der Waals surface area contributed by atoms with E-state index in [-0.39, 0.29) is 5.91 Å². The van der Waals surface area contributed by atoms with E-state index in [1.807, 2.05) is 37.3 Å². The van der Waals surface area contributed by atoms with Crippen molar-refractivity contribution in [2.75, 3.05) is 5.32 Å². The maximum absolute atomic E-state index is 12.2. The maximum atomic E-state index is 12.2. The summed E-state index contributed by atoms with van der Waals surface area (Å²) in [5, 5.41) is 2.94. The predicted octanol–water partition coefficient (Wildman–Crippen LogP) is 3.89. The van der Waals surface area contributed by atoms with Crippen molar-refractivity contribution in [1.82, 2.24) is 0 Å². The van der Waals surface area contributed by atoms with Gasteiger partial charge in [-0.15, -0.1) is 0 Å². The first-order valence-corrected chi connectivity index (χ1v) is 7.78. The third kappa shape index (κ3) is 3.30. The van der Waals surface area contributed by atoms with E-state index in [4.69, 9.17) is 4.74 Å². The summed E-state index contributed by atoms with van der Waals surface area (Å²) in [4.78, 5) is 12.2. The van der Waals surface area contributed by atoms with Crippen LogP contribution in [0.5, 0.6) is 5.75 Å². The molecule has 0 fully saturated rings. The molecule has 0 saturated carbocycles. The molecule has 3 heteroatoms. The van der Waals surface area contributed by atoms with Crippen molar-refractivity contribution < 1.29 is 9.53 Å². The van der Waals surface area contributed by atoms with Crippen LogP contribution in [0.2, 0.25) is 0 Å². The molecule has 0 aliphatic heterocycles. The summed E-state index contributed by atoms with van der Waals surface area (Å²) < 4.78 is 5.68. The molecular weight excluding hydrogens is 274 g/mol. The van der Waals surface area contributed by atoms with Crippen molar-refractivity contribution in [2.45, 2.75) is 39.2 Å². The van der Waals surface area contributed by atoms with Crippen molar-refractivity contribution in [3.05, 3.63) is 59.2 Å². The normalized spacial score (nSPS) is 14.3. The van der Waals surface area contributed by atoms with Crippen molar-refractivity contribution in [3.63, 3.8) is 0 Å². The average molecular weight is 295 g/mol. The fourth-order valence-electron chi connectivity index (χ4n) is 2.77. The molecule has 1 N–H and O–H groups in total. The number of rotatable bonds is 4. The Kier molecular flexibility index (Phi) is 4.14. The minimum Gasteiger partial charge on any atom is -0.481 e. The number of hydrogen-bond acceptors (Lipinski definition) is 2. The highest BCUT2D eigenvalue weighted by Gasteiger charge is 2.16. The van der Waals surface area contributed by atoms with Gasteiger partial charge in [0.05, 0.1) is 0 Å². The van der Waals surface area contributed by atoms with E-state index in [0.29, 0.717) is 5.75 Å². The molecule has 1 aliphatic carbocycles. The second-order valence-corrected chi connectivity index (χ2v) is 5.90. The van der Waals surface area contributed by atoms with Crippen LogP contribution in [0, 0.1) is 6.92 Å². The summed E-state index contributed by atoms with van der Waals surface area (Å²) >= 11 is 0. The van der Waals surface area contributed by atoms with Crippen LogP contribution < -0.4 is 10.1 Å². The Balaban J connectivity index is 1.62. The number of carbonyl (C=O) groups is 1. The minimum atomic E-state index is -0.532. The van der Waals surface area contributed by atoms with Gasteiger partial charge in [0.1, 0.15) is 5.75 Å². The zero-order valence-corrected chi connectivity index (χ0v) is 13.1. The Morgan fingerprint density at radius 3 is 2.59 bits per heavy atom. The standard InChI is InChI=1S/C19H21NO2/c1-13-6-10-18(11-7-13)22-14(2)19(21)20-17-9-8-15-4-3-5-16(15)12-17/h6-12,14H,3-5H2,1-2H3,(H,20,21)/t14-/m1/s1. The van der Waals surface area contributed by atoms with E-state index >= 15 is 0 Å². The van der Waals surface area contributed by atoms with E-state index in [9.17, 15) is 4.79 Å². The van der Waals surface area contributed by atoms with Crippen LogP contribution in [-0.4, -0.2) is 12.0 Å². The number of benzene rings is 2. The fraction of sp³-hybridized carbons (Fsp3) is 0.316. The van der Waals surface area contributed by atoms with Crippen LogP contribution in [0.25, 0.3) is 0 Å². The molecule has 114 valence electrons. The number of nitrogens with one attached hydrogen (secondary N) is 1. The highest BCUT2D eigenvalue weighted by molar-refractivity contribution is 5.94. The van der Waals surface area contributed by atoms with Gasteiger partial charge in [0.25, 0.3) is 5.91 Å². The Bertz CT molecular complexity index is 676. The van der Waals surface area contributed by atoms with E-state index in [2.05, 4.69) is 17.4 Å². The molecule has 1 atom stereocenters. The molecule has 0 bridgehead atoms. The lowest BCUT2D eigenvalue weighted by atomic mass is 10.1. The van der Waals surface area contributed by atoms with Crippen LogP contribution in [0.4, 0.5) is 5.69 Å². The molecule has 0 radical (unpaired) electrons. The number of aryl methyl sites for hydroxylation is 3. The van der Waals surface area contributed by atoms with Crippen molar-refractivity contribution in [1.29, 1.82) is 0 Å². The summed E-state index contributed by atoms with van der Waals surface area (Å²) in [6, 6.07) is 13.9. The van der Waals surface area contributed by atoms with Crippen LogP contribution in [0.3, 0.4) is 0 Å². The van der Waals surface area contributed by atoms with Crippen LogP contribution >= 0.6 is 0 Å². The number of hydrogen-bond donors (Lipinski definition) is 1. The van der Waals surface area contributed by atoms with Gasteiger partial charge in [-0.3, -0.25) is 4.79 Å². The first kappa shape index (κ1) is 14.6. The number of ether oxygens (including phenoxy) is 1. The van der Waals surface area contributed by atoms with E-state index < -0.39 is 6.10 Å². The van der Waals surface area contributed by atoms with Gasteiger partial charge in [0, 0.05) is 5.69 Å². The number of carbonyl (C=O) groups excluding carboxylic acids is 1. The molecule has 0 saturated heterocycles. The van der Waals surface area contributed by atoms with Crippen LogP contribution in [0.15, 0.2) is 42.5 Å². The predicted molar refractivity (Wildman–Crippen MR) is 88.4 cm³/mol. The van der Waals surface area contributed by atoms with E-state index in [1.165, 1.54) is 23.1 Å². The minimum absolute atomic E-state index is 0.126. The van der Waals surface area contributed by atoms with E-state index in [1.54, 1.807) is 6.92 Å². The second kappa shape index (κ2) is 6.22. The smallest absolute Gasteiger partial charge is 0.265 e. The molecule has 0 aromatic heterocycles. The molecule has 2 aromatic rings. The number of amides is 1. The molecule has 1 aliphatic rings. The SMILES string of the molecule is Cc1ccc(O[C@H](C)C(=O)Nc2ccc3c(c2)CCC3)cc1. The Morgan fingerprint density at radius 2 is 1.82 bits per heavy atom. The summed E-state index contributed by atoms with van der Waals surface area (Å²) in [5.41, 5.74) is 4.78. The molecule has 0 unspecified atom stereocenters. The Morgan fingerprint density at radius 1 is 1.09 bits per heavy atom. The summed E-state index contributed by atoms with van der Waals surface area (Å²) in [6.45, 7) is 3.79. The zero-order valence-electron chi connectivity index (χ0n) is 13.1. The molecular formula is C19H21NO2. The summed E-state index contributed by atoms with van der Waals surface area (Å²) in [5.74, 6) is 0.584. The maximum Gasteiger partial charge on any atom is 0.265 e. The summed E-state index contributed by atoms with van der Waals surface area (Å²) in [6.07, 6.45) is 2.93. The first-order chi connectivity index (χ1) is 10.6. The quantitative estimate of drug-likeness (QED) is 0.929. The average Bonchev–Trinajstić information content (AvgIpc) is 2.97. The third-order valence-electron chi connectivity index (χ3n) is 4.07. The zero-order chi connectivity index (χ0) is 15.5. The van der Waals surface area contributed by atoms with Crippen molar-refractivity contribution in [3.8, 4) is 5.75 Å². The monoisotopic (exact) mass is 295 g/mol. The van der Waals surface area contributed by atoms with Gasteiger partial charge in [-0.2, -0.15) is 0 Å². The van der Waals surface area contributed by atoms with Crippen LogP contribution in [-0.2, 0) is 17.6 Å². The lowest BCUT2D eigenvalue weighted by Gasteiger charge is -2.15. The third-order valence-corrected chi connectivity index (χ3v) is 4.07. The molecule has 3 nitrogen and oxygen atoms in total. The van der Waals surface area contributed by atoms with Gasteiger partial charge < -0.3 is 10.1 Å². The Labute approximate surface area is 131 Å². The highest BCUT2D eigenvalue weighted by atomic mass is 16.5. The summed E-state index contributed by atoms with van der Waals surface area (Å²) in [7, 11) is 0. The number of fused-ring (bicyclic) bond motifs is 1. The Hall–Kier alpha value is -2.29. The van der Waals surface area contributed by atoms with E-state index in [0.717, 1.165) is 18.5 Å².